The number of ether oxygens (including phenoxy) is 1. The molecule has 0 aliphatic heterocycles. The van der Waals surface area contributed by atoms with E-state index in [0.717, 1.165) is 19.3 Å². The molecule has 1 saturated carbocycles. The molecular weight excluding hydrogens is 348 g/mol. The summed E-state index contributed by atoms with van der Waals surface area (Å²) in [6.45, 7) is 1.85. The van der Waals surface area contributed by atoms with Crippen LogP contribution >= 0.6 is 0 Å². The second kappa shape index (κ2) is 7.98. The van der Waals surface area contributed by atoms with Crippen LogP contribution in [-0.4, -0.2) is 17.7 Å². The number of nitrogens with zero attached hydrogens (tertiary/aromatic N) is 2. The van der Waals surface area contributed by atoms with E-state index < -0.39 is 0 Å². The standard InChI is InChI=1S/C24H24N2O2/c1-16(15-25)26-23-13-18-11-12-19(28-24(27)17-7-3-2-4-8-17)14-22(18)20-9-5-6-10-21(20)23/h2-4,7-8,11-12,14,16,20-21H,5-6,9-10,13H2,1H3/t16?,20?,21-/m1/s1. The lowest BCUT2D eigenvalue weighted by molar-refractivity contribution is 0.0734. The first kappa shape index (κ1) is 18.4. The van der Waals surface area contributed by atoms with Crippen molar-refractivity contribution in [2.75, 3.05) is 0 Å². The van der Waals surface area contributed by atoms with E-state index in [1.807, 2.05) is 37.3 Å². The Morgan fingerprint density at radius 1 is 1.14 bits per heavy atom. The van der Waals surface area contributed by atoms with Gasteiger partial charge in [-0.2, -0.15) is 5.26 Å². The fourth-order valence-electron chi connectivity index (χ4n) is 4.53. The molecule has 28 heavy (non-hydrogen) atoms. The molecule has 4 rings (SSSR count). The molecule has 2 aliphatic carbocycles. The van der Waals surface area contributed by atoms with E-state index >= 15 is 0 Å². The topological polar surface area (TPSA) is 62.4 Å². The van der Waals surface area contributed by atoms with Crippen LogP contribution < -0.4 is 4.74 Å². The fraction of sp³-hybridized carbons (Fsp3) is 0.375. The van der Waals surface area contributed by atoms with Crippen molar-refractivity contribution in [3.63, 3.8) is 0 Å². The maximum Gasteiger partial charge on any atom is 0.343 e. The average Bonchev–Trinajstić information content (AvgIpc) is 2.74. The SMILES string of the molecule is CC(C#N)N=C1Cc2ccc(OC(=O)c3ccccc3)cc2C2CCCC[C@@H]12. The second-order valence-electron chi connectivity index (χ2n) is 7.72. The first-order chi connectivity index (χ1) is 13.7. The summed E-state index contributed by atoms with van der Waals surface area (Å²) < 4.78 is 5.64. The van der Waals surface area contributed by atoms with Crippen LogP contribution in [0.2, 0.25) is 0 Å². The van der Waals surface area contributed by atoms with Gasteiger partial charge >= 0.3 is 5.97 Å². The Morgan fingerprint density at radius 2 is 1.89 bits per heavy atom. The molecule has 0 amide bonds. The van der Waals surface area contributed by atoms with Crippen LogP contribution in [-0.2, 0) is 6.42 Å². The minimum atomic E-state index is -0.332. The Morgan fingerprint density at radius 3 is 2.64 bits per heavy atom. The molecule has 0 spiro atoms. The summed E-state index contributed by atoms with van der Waals surface area (Å²) in [6, 6.07) is 17.0. The Balaban J connectivity index is 1.63. The summed E-state index contributed by atoms with van der Waals surface area (Å²) in [4.78, 5) is 17.1. The van der Waals surface area contributed by atoms with E-state index in [9.17, 15) is 4.79 Å². The lowest BCUT2D eigenvalue weighted by Crippen LogP contribution is -2.33. The van der Waals surface area contributed by atoms with E-state index in [1.54, 1.807) is 12.1 Å². The van der Waals surface area contributed by atoms with Crippen molar-refractivity contribution in [2.45, 2.75) is 51.0 Å². The van der Waals surface area contributed by atoms with E-state index in [4.69, 9.17) is 15.0 Å². The van der Waals surface area contributed by atoms with E-state index in [-0.39, 0.29) is 12.0 Å². The molecule has 1 fully saturated rings. The maximum atomic E-state index is 12.4. The van der Waals surface area contributed by atoms with Crippen molar-refractivity contribution < 1.29 is 9.53 Å². The first-order valence-corrected chi connectivity index (χ1v) is 10.0. The highest BCUT2D eigenvalue weighted by atomic mass is 16.5. The van der Waals surface area contributed by atoms with Crippen LogP contribution in [0.4, 0.5) is 0 Å². The van der Waals surface area contributed by atoms with Crippen molar-refractivity contribution in [3.05, 3.63) is 65.2 Å². The zero-order valence-corrected chi connectivity index (χ0v) is 16.1. The predicted molar refractivity (Wildman–Crippen MR) is 109 cm³/mol. The molecule has 142 valence electrons. The number of esters is 1. The van der Waals surface area contributed by atoms with E-state index in [0.29, 0.717) is 23.1 Å². The van der Waals surface area contributed by atoms with Crippen LogP contribution in [0.1, 0.15) is 60.0 Å². The van der Waals surface area contributed by atoms with E-state index in [1.165, 1.54) is 29.7 Å². The number of carbonyl (C=O) groups excluding carboxylic acids is 1. The third-order valence-corrected chi connectivity index (χ3v) is 5.85. The molecule has 4 heteroatoms. The van der Waals surface area contributed by atoms with Gasteiger partial charge in [0.2, 0.25) is 0 Å². The Labute approximate surface area is 165 Å². The number of fused-ring (bicyclic) bond motifs is 3. The summed E-state index contributed by atoms with van der Waals surface area (Å²) in [5, 5.41) is 9.17. The van der Waals surface area contributed by atoms with E-state index in [2.05, 4.69) is 12.1 Å². The Bertz CT molecular complexity index is 943. The number of rotatable bonds is 3. The van der Waals surface area contributed by atoms with Crippen molar-refractivity contribution in [2.24, 2.45) is 10.9 Å². The fourth-order valence-corrected chi connectivity index (χ4v) is 4.53. The van der Waals surface area contributed by atoms with Gasteiger partial charge in [-0.25, -0.2) is 4.79 Å². The summed E-state index contributed by atoms with van der Waals surface area (Å²) in [7, 11) is 0. The normalized spacial score (nSPS) is 23.2. The van der Waals surface area contributed by atoms with Gasteiger partial charge in [-0.15, -0.1) is 0 Å². The van der Waals surface area contributed by atoms with Gasteiger partial charge in [-0.05, 0) is 61.1 Å². The predicted octanol–water partition coefficient (Wildman–Crippen LogP) is 5.09. The van der Waals surface area contributed by atoms with Crippen molar-refractivity contribution in [1.29, 1.82) is 5.26 Å². The second-order valence-corrected chi connectivity index (χ2v) is 7.72. The van der Waals surface area contributed by atoms with Crippen LogP contribution in [0.5, 0.6) is 5.75 Å². The summed E-state index contributed by atoms with van der Waals surface area (Å²) >= 11 is 0. The average molecular weight is 372 g/mol. The molecule has 0 N–H and O–H groups in total. The van der Waals surface area contributed by atoms with Gasteiger partial charge in [0.1, 0.15) is 11.8 Å². The number of hydrogen-bond donors (Lipinski definition) is 0. The van der Waals surface area contributed by atoms with Gasteiger partial charge in [0, 0.05) is 18.1 Å². The highest BCUT2D eigenvalue weighted by molar-refractivity contribution is 5.93. The van der Waals surface area contributed by atoms with Crippen molar-refractivity contribution in [1.82, 2.24) is 0 Å². The zero-order chi connectivity index (χ0) is 19.5. The largest absolute Gasteiger partial charge is 0.423 e. The lowest BCUT2D eigenvalue weighted by atomic mass is 9.67. The summed E-state index contributed by atoms with van der Waals surface area (Å²) in [6.07, 6.45) is 5.44. The van der Waals surface area contributed by atoms with Gasteiger partial charge in [0.25, 0.3) is 0 Å². The number of aliphatic imine (C=N–C) groups is 1. The maximum absolute atomic E-state index is 12.4. The number of benzene rings is 2. The summed E-state index contributed by atoms with van der Waals surface area (Å²) in [5.74, 6) is 1.07. The molecule has 2 aliphatic rings. The lowest BCUT2D eigenvalue weighted by Gasteiger charge is -2.38. The van der Waals surface area contributed by atoms with Gasteiger partial charge in [0.05, 0.1) is 11.6 Å². The number of hydrogen-bond acceptors (Lipinski definition) is 4. The minimum Gasteiger partial charge on any atom is -0.423 e. The monoisotopic (exact) mass is 372 g/mol. The Kier molecular flexibility index (Phi) is 5.25. The van der Waals surface area contributed by atoms with Gasteiger partial charge in [-0.3, -0.25) is 4.99 Å². The van der Waals surface area contributed by atoms with Crippen LogP contribution in [0.3, 0.4) is 0 Å². The molecule has 4 nitrogen and oxygen atoms in total. The third kappa shape index (κ3) is 3.71. The quantitative estimate of drug-likeness (QED) is 0.557. The first-order valence-electron chi connectivity index (χ1n) is 10.0. The van der Waals surface area contributed by atoms with Crippen molar-refractivity contribution >= 4 is 11.7 Å². The molecule has 0 saturated heterocycles. The van der Waals surface area contributed by atoms with Crippen LogP contribution in [0, 0.1) is 17.2 Å². The molecule has 0 bridgehead atoms. The molecule has 3 atom stereocenters. The van der Waals surface area contributed by atoms with Crippen LogP contribution in [0.15, 0.2) is 53.5 Å². The number of nitriles is 1. The zero-order valence-electron chi connectivity index (χ0n) is 16.1. The highest BCUT2D eigenvalue weighted by Crippen LogP contribution is 2.45. The molecule has 0 aromatic heterocycles. The highest BCUT2D eigenvalue weighted by Gasteiger charge is 2.36. The van der Waals surface area contributed by atoms with Gasteiger partial charge in [0.15, 0.2) is 0 Å². The minimum absolute atomic E-state index is 0.301. The molecule has 2 unspecified atom stereocenters. The molecular formula is C24H24N2O2. The van der Waals surface area contributed by atoms with Gasteiger partial charge < -0.3 is 4.74 Å². The molecule has 2 aromatic rings. The molecule has 0 heterocycles. The summed E-state index contributed by atoms with van der Waals surface area (Å²) in [5.41, 5.74) is 4.24. The van der Waals surface area contributed by atoms with Gasteiger partial charge in [-0.1, -0.05) is 37.1 Å². The molecule has 2 aromatic carbocycles. The van der Waals surface area contributed by atoms with Crippen molar-refractivity contribution in [3.8, 4) is 11.8 Å². The Hall–Kier alpha value is -2.93. The number of carbonyl (C=O) groups is 1. The van der Waals surface area contributed by atoms with Crippen LogP contribution in [0.25, 0.3) is 0 Å². The third-order valence-electron chi connectivity index (χ3n) is 5.85. The molecule has 0 radical (unpaired) electrons. The smallest absolute Gasteiger partial charge is 0.343 e.